The summed E-state index contributed by atoms with van der Waals surface area (Å²) in [5, 5.41) is 30.0. The normalized spacial score (nSPS) is 19.1. The van der Waals surface area contributed by atoms with Gasteiger partial charge in [-0.15, -0.1) is 5.10 Å². The third kappa shape index (κ3) is 5.25. The van der Waals surface area contributed by atoms with Crippen molar-refractivity contribution in [2.75, 3.05) is 25.5 Å². The Balaban J connectivity index is 1.82. The number of amides is 2. The van der Waals surface area contributed by atoms with Crippen molar-refractivity contribution in [2.24, 2.45) is 5.41 Å². The predicted octanol–water partition coefficient (Wildman–Crippen LogP) is -0.129. The molecular weight excluding hydrogens is 426 g/mol. The molecule has 2 unspecified atom stereocenters. The van der Waals surface area contributed by atoms with Gasteiger partial charge in [-0.1, -0.05) is 26.0 Å². The molecule has 0 radical (unpaired) electrons. The standard InChI is InChI=1S/C21H29N9O3/c1-21(2,3)18(20(33)29-12-15(31)6-16(29)19(32)23-4)30-11-14(26-27-30)10-28(5)17-9-24-13(7-22)8-25-17/h8-9,11,15-16,18,31H,6,10,12H2,1-5H3,(H,23,32)/t15?,16-,18?/m1/s1. The van der Waals surface area contributed by atoms with Crippen LogP contribution in [0.4, 0.5) is 5.82 Å². The van der Waals surface area contributed by atoms with Gasteiger partial charge in [-0.3, -0.25) is 9.59 Å². The van der Waals surface area contributed by atoms with Crippen LogP contribution in [0.3, 0.4) is 0 Å². The van der Waals surface area contributed by atoms with Crippen LogP contribution in [0, 0.1) is 16.7 Å². The summed E-state index contributed by atoms with van der Waals surface area (Å²) in [7, 11) is 3.32. The first-order chi connectivity index (χ1) is 15.5. The lowest BCUT2D eigenvalue weighted by Gasteiger charge is -2.34. The van der Waals surface area contributed by atoms with E-state index in [1.165, 1.54) is 29.0 Å². The molecule has 0 bridgehead atoms. The number of nitriles is 1. The van der Waals surface area contributed by atoms with Gasteiger partial charge in [0.2, 0.25) is 11.8 Å². The van der Waals surface area contributed by atoms with Gasteiger partial charge in [-0.2, -0.15) is 5.26 Å². The Bertz CT molecular complexity index is 1040. The van der Waals surface area contributed by atoms with Crippen molar-refractivity contribution in [1.29, 1.82) is 5.26 Å². The van der Waals surface area contributed by atoms with E-state index in [1.54, 1.807) is 18.1 Å². The molecule has 3 atom stereocenters. The molecule has 3 heterocycles. The number of likely N-dealkylation sites (N-methyl/N-ethyl adjacent to an activating group) is 1. The van der Waals surface area contributed by atoms with Crippen LogP contribution in [-0.4, -0.2) is 79.6 Å². The van der Waals surface area contributed by atoms with Crippen molar-refractivity contribution in [3.05, 3.63) is 30.0 Å². The van der Waals surface area contributed by atoms with E-state index in [2.05, 4.69) is 25.6 Å². The summed E-state index contributed by atoms with van der Waals surface area (Å²) in [4.78, 5) is 37.3. The van der Waals surface area contributed by atoms with Crippen LogP contribution < -0.4 is 10.2 Å². The SMILES string of the molecule is CNC(=O)[C@H]1CC(O)CN1C(=O)C(n1cc(CN(C)c2cnc(C#N)cn2)nn1)C(C)(C)C. The quantitative estimate of drug-likeness (QED) is 0.606. The Morgan fingerprint density at radius 1 is 1.36 bits per heavy atom. The van der Waals surface area contributed by atoms with Crippen molar-refractivity contribution in [3.8, 4) is 6.07 Å². The second-order valence-corrected chi connectivity index (χ2v) is 9.20. The van der Waals surface area contributed by atoms with E-state index < -0.39 is 23.6 Å². The van der Waals surface area contributed by atoms with Crippen molar-refractivity contribution < 1.29 is 14.7 Å². The molecular formula is C21H29N9O3. The first kappa shape index (κ1) is 24.1. The minimum absolute atomic E-state index is 0.0884. The molecule has 1 saturated heterocycles. The second kappa shape index (κ2) is 9.50. The van der Waals surface area contributed by atoms with E-state index in [4.69, 9.17) is 5.26 Å². The average molecular weight is 456 g/mol. The average Bonchev–Trinajstić information content (AvgIpc) is 3.38. The van der Waals surface area contributed by atoms with Crippen LogP contribution in [0.1, 0.15) is 44.6 Å². The number of aliphatic hydroxyl groups is 1. The van der Waals surface area contributed by atoms with E-state index in [9.17, 15) is 14.7 Å². The molecule has 1 fully saturated rings. The highest BCUT2D eigenvalue weighted by molar-refractivity contribution is 5.90. The summed E-state index contributed by atoms with van der Waals surface area (Å²) in [5.41, 5.74) is 0.301. The minimum Gasteiger partial charge on any atom is -0.391 e. The summed E-state index contributed by atoms with van der Waals surface area (Å²) >= 11 is 0. The van der Waals surface area contributed by atoms with Crippen LogP contribution in [0.5, 0.6) is 0 Å². The maximum Gasteiger partial charge on any atom is 0.248 e. The molecule has 176 valence electrons. The molecule has 0 spiro atoms. The minimum atomic E-state index is -0.759. The number of rotatable bonds is 6. The van der Waals surface area contributed by atoms with Gasteiger partial charge in [-0.05, 0) is 5.41 Å². The van der Waals surface area contributed by atoms with Gasteiger partial charge in [0.05, 0.1) is 31.2 Å². The molecule has 1 aliphatic heterocycles. The zero-order valence-corrected chi connectivity index (χ0v) is 19.4. The molecule has 3 rings (SSSR count). The summed E-state index contributed by atoms with van der Waals surface area (Å²) < 4.78 is 1.52. The molecule has 0 saturated carbocycles. The molecule has 2 amide bonds. The van der Waals surface area contributed by atoms with Crippen molar-refractivity contribution >= 4 is 17.6 Å². The first-order valence-electron chi connectivity index (χ1n) is 10.6. The molecule has 0 aliphatic carbocycles. The van der Waals surface area contributed by atoms with E-state index in [0.717, 1.165) is 0 Å². The lowest BCUT2D eigenvalue weighted by Crippen LogP contribution is -2.49. The number of hydrogen-bond donors (Lipinski definition) is 2. The van der Waals surface area contributed by atoms with Crippen molar-refractivity contribution in [3.63, 3.8) is 0 Å². The second-order valence-electron chi connectivity index (χ2n) is 9.20. The van der Waals surface area contributed by atoms with Crippen molar-refractivity contribution in [1.82, 2.24) is 35.2 Å². The van der Waals surface area contributed by atoms with Gasteiger partial charge in [0, 0.05) is 27.1 Å². The number of carbonyl (C=O) groups is 2. The fourth-order valence-electron chi connectivity index (χ4n) is 3.92. The van der Waals surface area contributed by atoms with Gasteiger partial charge in [0.15, 0.2) is 5.69 Å². The maximum atomic E-state index is 13.6. The fourth-order valence-corrected chi connectivity index (χ4v) is 3.92. The van der Waals surface area contributed by atoms with Crippen LogP contribution in [0.2, 0.25) is 0 Å². The molecule has 12 nitrogen and oxygen atoms in total. The number of aliphatic hydroxyl groups excluding tert-OH is 1. The molecule has 2 N–H and O–H groups in total. The van der Waals surface area contributed by atoms with E-state index in [1.807, 2.05) is 26.8 Å². The fraction of sp³-hybridized carbons (Fsp3) is 0.571. The van der Waals surface area contributed by atoms with Gasteiger partial charge in [0.25, 0.3) is 0 Å². The van der Waals surface area contributed by atoms with Crippen molar-refractivity contribution in [2.45, 2.75) is 51.9 Å². The highest BCUT2D eigenvalue weighted by Crippen LogP contribution is 2.34. The highest BCUT2D eigenvalue weighted by Gasteiger charge is 2.45. The third-order valence-electron chi connectivity index (χ3n) is 5.53. The van der Waals surface area contributed by atoms with Gasteiger partial charge >= 0.3 is 0 Å². The zero-order valence-electron chi connectivity index (χ0n) is 19.4. The monoisotopic (exact) mass is 455 g/mol. The number of carbonyl (C=O) groups excluding carboxylic acids is 2. The zero-order chi connectivity index (χ0) is 24.3. The van der Waals surface area contributed by atoms with E-state index in [-0.39, 0.29) is 30.5 Å². The summed E-state index contributed by atoms with van der Waals surface area (Å²) in [6.45, 7) is 6.18. The summed E-state index contributed by atoms with van der Waals surface area (Å²) in [5.74, 6) is -0.0427. The Morgan fingerprint density at radius 2 is 2.09 bits per heavy atom. The lowest BCUT2D eigenvalue weighted by molar-refractivity contribution is -0.144. The number of anilines is 1. The molecule has 2 aromatic heterocycles. The Hall–Kier alpha value is -3.59. The summed E-state index contributed by atoms with van der Waals surface area (Å²) in [6, 6.07) is 0.472. The summed E-state index contributed by atoms with van der Waals surface area (Å²) in [6.07, 6.45) is 4.03. The predicted molar refractivity (Wildman–Crippen MR) is 118 cm³/mol. The largest absolute Gasteiger partial charge is 0.391 e. The van der Waals surface area contributed by atoms with E-state index in [0.29, 0.717) is 18.1 Å². The molecule has 1 aliphatic rings. The number of β-amino-alcohol motifs (C(OH)–C–C–N with tert-alkyl or cyclic N) is 1. The maximum absolute atomic E-state index is 13.6. The molecule has 0 aromatic carbocycles. The molecule has 33 heavy (non-hydrogen) atoms. The van der Waals surface area contributed by atoms with E-state index >= 15 is 0 Å². The Labute approximate surface area is 192 Å². The van der Waals surface area contributed by atoms with Crippen LogP contribution >= 0.6 is 0 Å². The first-order valence-corrected chi connectivity index (χ1v) is 10.6. The molecule has 2 aromatic rings. The number of hydrogen-bond acceptors (Lipinski definition) is 9. The number of nitrogens with one attached hydrogen (secondary N) is 1. The Morgan fingerprint density at radius 3 is 2.67 bits per heavy atom. The van der Waals surface area contributed by atoms with Gasteiger partial charge in [0.1, 0.15) is 29.7 Å². The number of nitrogens with zero attached hydrogens (tertiary/aromatic N) is 8. The smallest absolute Gasteiger partial charge is 0.248 e. The van der Waals surface area contributed by atoms with Gasteiger partial charge < -0.3 is 20.2 Å². The molecule has 12 heteroatoms. The number of likely N-dealkylation sites (tertiary alicyclic amines) is 1. The Kier molecular flexibility index (Phi) is 6.92. The van der Waals surface area contributed by atoms with Crippen LogP contribution in [0.25, 0.3) is 0 Å². The highest BCUT2D eigenvalue weighted by atomic mass is 16.3. The topological polar surface area (TPSA) is 153 Å². The van der Waals surface area contributed by atoms with Crippen LogP contribution in [0.15, 0.2) is 18.6 Å². The van der Waals surface area contributed by atoms with Gasteiger partial charge in [-0.25, -0.2) is 14.6 Å². The third-order valence-corrected chi connectivity index (χ3v) is 5.53. The number of aromatic nitrogens is 5. The van der Waals surface area contributed by atoms with Crippen LogP contribution in [-0.2, 0) is 16.1 Å². The lowest BCUT2D eigenvalue weighted by atomic mass is 9.85.